The van der Waals surface area contributed by atoms with Crippen LogP contribution in [0.15, 0.2) is 18.2 Å². The largest absolute Gasteiger partial charge is 0.465 e. The zero-order valence-corrected chi connectivity index (χ0v) is 11.7. The van der Waals surface area contributed by atoms with Crippen molar-refractivity contribution in [2.45, 2.75) is 31.7 Å². The first-order chi connectivity index (χ1) is 9.17. The predicted octanol–water partition coefficient (Wildman–Crippen LogP) is 3.73. The van der Waals surface area contributed by atoms with E-state index in [1.165, 1.54) is 32.8 Å². The lowest BCUT2D eigenvalue weighted by Crippen LogP contribution is -2.25. The van der Waals surface area contributed by atoms with Crippen LogP contribution in [0.2, 0.25) is 5.02 Å². The van der Waals surface area contributed by atoms with E-state index < -0.39 is 0 Å². The summed E-state index contributed by atoms with van der Waals surface area (Å²) in [6, 6.07) is 6.02. The molecule has 4 heteroatoms. The average Bonchev–Trinajstić information content (AvgIpc) is 3.02. The molecule has 2 saturated carbocycles. The summed E-state index contributed by atoms with van der Waals surface area (Å²) in [6.45, 7) is 0. The number of anilines is 1. The summed E-state index contributed by atoms with van der Waals surface area (Å²) in [5.74, 6) is 1.30. The third kappa shape index (κ3) is 2.44. The van der Waals surface area contributed by atoms with Crippen molar-refractivity contribution in [1.82, 2.24) is 0 Å². The Kier molecular flexibility index (Phi) is 3.40. The van der Waals surface area contributed by atoms with Crippen LogP contribution in [0.4, 0.5) is 5.69 Å². The molecule has 0 spiro atoms. The lowest BCUT2D eigenvalue weighted by molar-refractivity contribution is 0.0601. The van der Waals surface area contributed by atoms with Crippen molar-refractivity contribution < 1.29 is 9.53 Å². The second-order valence-electron chi connectivity index (χ2n) is 5.61. The molecule has 0 heterocycles. The molecule has 1 aromatic carbocycles. The molecule has 0 aromatic heterocycles. The highest BCUT2D eigenvalue weighted by Gasteiger charge is 2.39. The van der Waals surface area contributed by atoms with Gasteiger partial charge in [0.25, 0.3) is 0 Å². The zero-order chi connectivity index (χ0) is 13.4. The van der Waals surface area contributed by atoms with Gasteiger partial charge in [0.05, 0.1) is 17.7 Å². The highest BCUT2D eigenvalue weighted by atomic mass is 35.5. The highest BCUT2D eigenvalue weighted by Crippen LogP contribution is 2.45. The lowest BCUT2D eigenvalue weighted by Gasteiger charge is -2.24. The second-order valence-corrected chi connectivity index (χ2v) is 6.02. The molecular formula is C15H18ClNO2. The monoisotopic (exact) mass is 279 g/mol. The van der Waals surface area contributed by atoms with Crippen LogP contribution in [0.25, 0.3) is 0 Å². The van der Waals surface area contributed by atoms with E-state index in [1.807, 2.05) is 6.07 Å². The molecule has 1 N–H and O–H groups in total. The van der Waals surface area contributed by atoms with Gasteiger partial charge in [0, 0.05) is 11.7 Å². The maximum Gasteiger partial charge on any atom is 0.339 e. The molecule has 1 aromatic rings. The highest BCUT2D eigenvalue weighted by molar-refractivity contribution is 6.33. The minimum absolute atomic E-state index is 0.387. The fourth-order valence-corrected chi connectivity index (χ4v) is 3.71. The number of carbonyl (C=O) groups excluding carboxylic acids is 1. The van der Waals surface area contributed by atoms with Gasteiger partial charge in [0.2, 0.25) is 0 Å². The number of nitrogens with one attached hydrogen (secondary N) is 1. The molecule has 19 heavy (non-hydrogen) atoms. The predicted molar refractivity (Wildman–Crippen MR) is 75.7 cm³/mol. The summed E-state index contributed by atoms with van der Waals surface area (Å²) in [4.78, 5) is 11.6. The van der Waals surface area contributed by atoms with Crippen LogP contribution in [0.1, 0.15) is 36.0 Å². The van der Waals surface area contributed by atoms with Crippen molar-refractivity contribution in [2.75, 3.05) is 12.4 Å². The van der Waals surface area contributed by atoms with E-state index in [-0.39, 0.29) is 5.97 Å². The number of halogens is 1. The van der Waals surface area contributed by atoms with Gasteiger partial charge in [-0.1, -0.05) is 18.0 Å². The average molecular weight is 280 g/mol. The van der Waals surface area contributed by atoms with Crippen LogP contribution in [-0.4, -0.2) is 19.1 Å². The van der Waals surface area contributed by atoms with Crippen LogP contribution in [0.5, 0.6) is 0 Å². The van der Waals surface area contributed by atoms with Gasteiger partial charge in [-0.05, 0) is 49.3 Å². The quantitative estimate of drug-likeness (QED) is 0.857. The van der Waals surface area contributed by atoms with Crippen molar-refractivity contribution in [3.8, 4) is 0 Å². The third-order valence-electron chi connectivity index (χ3n) is 4.46. The second kappa shape index (κ2) is 5.04. The molecule has 3 nitrogen and oxygen atoms in total. The molecule has 3 rings (SSSR count). The van der Waals surface area contributed by atoms with Crippen LogP contribution >= 0.6 is 11.6 Å². The van der Waals surface area contributed by atoms with Crippen molar-refractivity contribution in [1.29, 1.82) is 0 Å². The lowest BCUT2D eigenvalue weighted by atomic mass is 9.95. The Bertz CT molecular complexity index is 503. The molecule has 3 unspecified atom stereocenters. The first-order valence-electron chi connectivity index (χ1n) is 6.82. The Hall–Kier alpha value is -1.22. The van der Waals surface area contributed by atoms with E-state index in [0.717, 1.165) is 17.5 Å². The standard InChI is InChI=1S/C15H18ClNO2/c1-19-15(18)12-8-11(4-5-13(12)16)17-14-7-9-2-3-10(14)6-9/h4-5,8-10,14,17H,2-3,6-7H2,1H3. The van der Waals surface area contributed by atoms with Gasteiger partial charge in [-0.2, -0.15) is 0 Å². The van der Waals surface area contributed by atoms with Crippen LogP contribution < -0.4 is 5.32 Å². The van der Waals surface area contributed by atoms with Gasteiger partial charge in [0.1, 0.15) is 0 Å². The Labute approximate surface area is 118 Å². The van der Waals surface area contributed by atoms with E-state index in [9.17, 15) is 4.79 Å². The number of esters is 1. The number of rotatable bonds is 3. The Morgan fingerprint density at radius 1 is 1.37 bits per heavy atom. The summed E-state index contributed by atoms with van der Waals surface area (Å²) in [6.07, 6.45) is 5.33. The maximum atomic E-state index is 11.6. The minimum Gasteiger partial charge on any atom is -0.465 e. The summed E-state index contributed by atoms with van der Waals surface area (Å²) >= 11 is 6.02. The molecule has 0 amide bonds. The number of carbonyl (C=O) groups is 1. The Morgan fingerprint density at radius 3 is 2.84 bits per heavy atom. The summed E-state index contributed by atoms with van der Waals surface area (Å²) in [5, 5.41) is 3.99. The van der Waals surface area contributed by atoms with Crippen molar-refractivity contribution >= 4 is 23.3 Å². The molecule has 102 valence electrons. The fourth-order valence-electron chi connectivity index (χ4n) is 3.52. The van der Waals surface area contributed by atoms with Gasteiger partial charge < -0.3 is 10.1 Å². The number of fused-ring (bicyclic) bond motifs is 2. The van der Waals surface area contributed by atoms with Gasteiger partial charge in [-0.15, -0.1) is 0 Å². The summed E-state index contributed by atoms with van der Waals surface area (Å²) < 4.78 is 4.74. The fraction of sp³-hybridized carbons (Fsp3) is 0.533. The molecular weight excluding hydrogens is 262 g/mol. The smallest absolute Gasteiger partial charge is 0.339 e. The van der Waals surface area contributed by atoms with E-state index >= 15 is 0 Å². The van der Waals surface area contributed by atoms with Crippen LogP contribution in [-0.2, 0) is 4.74 Å². The molecule has 2 fully saturated rings. The first kappa shape index (κ1) is 12.8. The molecule has 2 aliphatic rings. The molecule has 3 atom stereocenters. The van der Waals surface area contributed by atoms with Crippen molar-refractivity contribution in [3.05, 3.63) is 28.8 Å². The van der Waals surface area contributed by atoms with Crippen LogP contribution in [0, 0.1) is 11.8 Å². The van der Waals surface area contributed by atoms with Gasteiger partial charge >= 0.3 is 5.97 Å². The third-order valence-corrected chi connectivity index (χ3v) is 4.79. The number of methoxy groups -OCH3 is 1. The Morgan fingerprint density at radius 2 is 2.21 bits per heavy atom. The normalized spacial score (nSPS) is 28.4. The van der Waals surface area contributed by atoms with Gasteiger partial charge in [-0.3, -0.25) is 0 Å². The SMILES string of the molecule is COC(=O)c1cc(NC2CC3CCC2C3)ccc1Cl. The maximum absolute atomic E-state index is 11.6. The van der Waals surface area contributed by atoms with E-state index in [4.69, 9.17) is 16.3 Å². The van der Waals surface area contributed by atoms with E-state index in [1.54, 1.807) is 12.1 Å². The first-order valence-corrected chi connectivity index (χ1v) is 7.19. The summed E-state index contributed by atoms with van der Waals surface area (Å²) in [7, 11) is 1.37. The van der Waals surface area contributed by atoms with Crippen molar-refractivity contribution in [3.63, 3.8) is 0 Å². The number of ether oxygens (including phenoxy) is 1. The minimum atomic E-state index is -0.387. The number of hydrogen-bond donors (Lipinski definition) is 1. The van der Waals surface area contributed by atoms with E-state index in [2.05, 4.69) is 5.32 Å². The van der Waals surface area contributed by atoms with E-state index in [0.29, 0.717) is 16.6 Å². The zero-order valence-electron chi connectivity index (χ0n) is 11.0. The molecule has 0 aliphatic heterocycles. The van der Waals surface area contributed by atoms with Gasteiger partial charge in [-0.25, -0.2) is 4.79 Å². The number of hydrogen-bond acceptors (Lipinski definition) is 3. The number of benzene rings is 1. The van der Waals surface area contributed by atoms with Crippen LogP contribution in [0.3, 0.4) is 0 Å². The Balaban J connectivity index is 1.76. The molecule has 0 radical (unpaired) electrons. The molecule has 2 bridgehead atoms. The van der Waals surface area contributed by atoms with Gasteiger partial charge in [0.15, 0.2) is 0 Å². The summed E-state index contributed by atoms with van der Waals surface area (Å²) in [5.41, 5.74) is 1.39. The molecule has 0 saturated heterocycles. The topological polar surface area (TPSA) is 38.3 Å². The molecule has 2 aliphatic carbocycles. The van der Waals surface area contributed by atoms with Crippen molar-refractivity contribution in [2.24, 2.45) is 11.8 Å².